The van der Waals surface area contributed by atoms with Crippen molar-refractivity contribution >= 4 is 11.6 Å². The lowest BCUT2D eigenvalue weighted by Crippen LogP contribution is -2.33. The SMILES string of the molecule is CCC1(C)CC(=O)Nc2ccccc2O1. The zero-order chi connectivity index (χ0) is 10.9. The number of amides is 1. The van der Waals surface area contributed by atoms with Crippen molar-refractivity contribution in [1.82, 2.24) is 0 Å². The van der Waals surface area contributed by atoms with Gasteiger partial charge in [0, 0.05) is 0 Å². The van der Waals surface area contributed by atoms with E-state index in [2.05, 4.69) is 5.32 Å². The van der Waals surface area contributed by atoms with E-state index in [1.165, 1.54) is 0 Å². The van der Waals surface area contributed by atoms with Gasteiger partial charge >= 0.3 is 0 Å². The van der Waals surface area contributed by atoms with Crippen LogP contribution in [0.4, 0.5) is 5.69 Å². The number of anilines is 1. The lowest BCUT2D eigenvalue weighted by molar-refractivity contribution is -0.119. The van der Waals surface area contributed by atoms with Gasteiger partial charge < -0.3 is 10.1 Å². The molecule has 3 nitrogen and oxygen atoms in total. The van der Waals surface area contributed by atoms with Gasteiger partial charge in [0.05, 0.1) is 12.1 Å². The Hall–Kier alpha value is -1.51. The smallest absolute Gasteiger partial charge is 0.228 e. The van der Waals surface area contributed by atoms with Crippen LogP contribution in [-0.2, 0) is 4.79 Å². The van der Waals surface area contributed by atoms with E-state index in [0.29, 0.717) is 6.42 Å². The number of fused-ring (bicyclic) bond motifs is 1. The topological polar surface area (TPSA) is 38.3 Å². The van der Waals surface area contributed by atoms with Crippen LogP contribution >= 0.6 is 0 Å². The molecule has 0 spiro atoms. The fourth-order valence-corrected chi connectivity index (χ4v) is 1.69. The third-order valence-electron chi connectivity index (χ3n) is 2.80. The number of para-hydroxylation sites is 2. The molecule has 1 N–H and O–H groups in total. The third kappa shape index (κ3) is 1.96. The summed E-state index contributed by atoms with van der Waals surface area (Å²) in [6.45, 7) is 4.00. The molecule has 2 rings (SSSR count). The molecule has 1 aliphatic rings. The fraction of sp³-hybridized carbons (Fsp3) is 0.417. The summed E-state index contributed by atoms with van der Waals surface area (Å²) in [4.78, 5) is 11.6. The number of benzene rings is 1. The molecule has 1 atom stereocenters. The molecule has 0 fully saturated rings. The van der Waals surface area contributed by atoms with Gasteiger partial charge in [0.25, 0.3) is 0 Å². The Morgan fingerprint density at radius 3 is 2.93 bits per heavy atom. The monoisotopic (exact) mass is 205 g/mol. The highest BCUT2D eigenvalue weighted by Gasteiger charge is 2.31. The average molecular weight is 205 g/mol. The van der Waals surface area contributed by atoms with Crippen molar-refractivity contribution in [2.75, 3.05) is 5.32 Å². The first kappa shape index (κ1) is 10.0. The number of hydrogen-bond acceptors (Lipinski definition) is 2. The highest BCUT2D eigenvalue weighted by Crippen LogP contribution is 2.33. The molecule has 0 aromatic heterocycles. The third-order valence-corrected chi connectivity index (χ3v) is 2.80. The van der Waals surface area contributed by atoms with E-state index in [4.69, 9.17) is 4.74 Å². The van der Waals surface area contributed by atoms with E-state index in [9.17, 15) is 4.79 Å². The minimum Gasteiger partial charge on any atom is -0.485 e. The second-order valence-electron chi connectivity index (χ2n) is 4.13. The molecule has 1 aliphatic heterocycles. The van der Waals surface area contributed by atoms with Crippen LogP contribution < -0.4 is 10.1 Å². The van der Waals surface area contributed by atoms with Gasteiger partial charge in [-0.25, -0.2) is 0 Å². The minimum atomic E-state index is -0.392. The Morgan fingerprint density at radius 1 is 1.47 bits per heavy atom. The molecule has 1 unspecified atom stereocenters. The van der Waals surface area contributed by atoms with Gasteiger partial charge in [-0.3, -0.25) is 4.79 Å². The fourth-order valence-electron chi connectivity index (χ4n) is 1.69. The van der Waals surface area contributed by atoms with Crippen LogP contribution in [0.5, 0.6) is 5.75 Å². The number of ether oxygens (including phenoxy) is 1. The molecular formula is C12H15NO2. The first-order valence-electron chi connectivity index (χ1n) is 5.21. The summed E-state index contributed by atoms with van der Waals surface area (Å²) in [7, 11) is 0. The number of carbonyl (C=O) groups excluding carboxylic acids is 1. The molecule has 1 aromatic rings. The van der Waals surface area contributed by atoms with Crippen molar-refractivity contribution in [3.05, 3.63) is 24.3 Å². The molecule has 0 bridgehead atoms. The van der Waals surface area contributed by atoms with Crippen LogP contribution in [0, 0.1) is 0 Å². The Labute approximate surface area is 89.4 Å². The van der Waals surface area contributed by atoms with Crippen LogP contribution in [0.3, 0.4) is 0 Å². The summed E-state index contributed by atoms with van der Waals surface area (Å²) in [5.74, 6) is 0.775. The molecule has 0 saturated heterocycles. The second kappa shape index (κ2) is 3.57. The van der Waals surface area contributed by atoms with Gasteiger partial charge in [-0.05, 0) is 25.5 Å². The van der Waals surface area contributed by atoms with Gasteiger partial charge in [0.2, 0.25) is 5.91 Å². The van der Waals surface area contributed by atoms with Gasteiger partial charge in [-0.15, -0.1) is 0 Å². The van der Waals surface area contributed by atoms with E-state index < -0.39 is 5.60 Å². The zero-order valence-corrected chi connectivity index (χ0v) is 9.04. The Bertz CT molecular complexity index is 389. The maximum absolute atomic E-state index is 11.6. The van der Waals surface area contributed by atoms with E-state index in [1.54, 1.807) is 0 Å². The first-order valence-corrected chi connectivity index (χ1v) is 5.21. The second-order valence-corrected chi connectivity index (χ2v) is 4.13. The molecule has 0 saturated carbocycles. The molecular weight excluding hydrogens is 190 g/mol. The van der Waals surface area contributed by atoms with Crippen molar-refractivity contribution in [3.8, 4) is 5.75 Å². The standard InChI is InChI=1S/C12H15NO2/c1-3-12(2)8-11(14)13-9-6-4-5-7-10(9)15-12/h4-7H,3,8H2,1-2H3,(H,13,14). The first-order chi connectivity index (χ1) is 7.13. The quantitative estimate of drug-likeness (QED) is 0.765. The van der Waals surface area contributed by atoms with Crippen LogP contribution in [0.15, 0.2) is 24.3 Å². The Kier molecular flexibility index (Phi) is 2.39. The van der Waals surface area contributed by atoms with Crippen molar-refractivity contribution in [2.45, 2.75) is 32.3 Å². The Balaban J connectivity index is 2.40. The normalized spacial score (nSPS) is 24.8. The molecule has 1 aromatic carbocycles. The molecule has 0 radical (unpaired) electrons. The highest BCUT2D eigenvalue weighted by molar-refractivity contribution is 5.93. The van der Waals surface area contributed by atoms with Gasteiger partial charge in [-0.2, -0.15) is 0 Å². The highest BCUT2D eigenvalue weighted by atomic mass is 16.5. The number of hydrogen-bond donors (Lipinski definition) is 1. The lowest BCUT2D eigenvalue weighted by atomic mass is 9.99. The molecule has 3 heteroatoms. The van der Waals surface area contributed by atoms with E-state index in [1.807, 2.05) is 38.1 Å². The van der Waals surface area contributed by atoms with Crippen molar-refractivity contribution in [1.29, 1.82) is 0 Å². The molecule has 0 aliphatic carbocycles. The van der Waals surface area contributed by atoms with Crippen molar-refractivity contribution in [3.63, 3.8) is 0 Å². The molecule has 1 heterocycles. The van der Waals surface area contributed by atoms with Crippen LogP contribution in [0.25, 0.3) is 0 Å². The number of rotatable bonds is 1. The van der Waals surface area contributed by atoms with Crippen LogP contribution in [0.2, 0.25) is 0 Å². The Morgan fingerprint density at radius 2 is 2.20 bits per heavy atom. The summed E-state index contributed by atoms with van der Waals surface area (Å²) in [6.07, 6.45) is 1.22. The zero-order valence-electron chi connectivity index (χ0n) is 9.04. The molecule has 1 amide bonds. The number of carbonyl (C=O) groups is 1. The van der Waals surface area contributed by atoms with Gasteiger partial charge in [0.1, 0.15) is 11.4 Å². The summed E-state index contributed by atoms with van der Waals surface area (Å²) < 4.78 is 5.88. The average Bonchev–Trinajstić information content (AvgIpc) is 2.33. The van der Waals surface area contributed by atoms with Crippen LogP contribution in [0.1, 0.15) is 26.7 Å². The largest absolute Gasteiger partial charge is 0.485 e. The van der Waals surface area contributed by atoms with Gasteiger partial charge in [-0.1, -0.05) is 19.1 Å². The van der Waals surface area contributed by atoms with E-state index in [0.717, 1.165) is 17.9 Å². The van der Waals surface area contributed by atoms with Crippen molar-refractivity contribution < 1.29 is 9.53 Å². The predicted octanol–water partition coefficient (Wildman–Crippen LogP) is 2.58. The maximum atomic E-state index is 11.6. The summed E-state index contributed by atoms with van der Waals surface area (Å²) in [5, 5.41) is 2.85. The van der Waals surface area contributed by atoms with Crippen LogP contribution in [-0.4, -0.2) is 11.5 Å². The molecule has 15 heavy (non-hydrogen) atoms. The van der Waals surface area contributed by atoms with E-state index >= 15 is 0 Å². The predicted molar refractivity (Wildman–Crippen MR) is 59.0 cm³/mol. The van der Waals surface area contributed by atoms with E-state index in [-0.39, 0.29) is 5.91 Å². The molecule has 80 valence electrons. The maximum Gasteiger partial charge on any atom is 0.228 e. The minimum absolute atomic E-state index is 0.0179. The summed E-state index contributed by atoms with van der Waals surface area (Å²) >= 11 is 0. The summed E-state index contributed by atoms with van der Waals surface area (Å²) in [6, 6.07) is 7.53. The number of nitrogens with one attached hydrogen (secondary N) is 1. The van der Waals surface area contributed by atoms with Gasteiger partial charge in [0.15, 0.2) is 0 Å². The summed E-state index contributed by atoms with van der Waals surface area (Å²) in [5.41, 5.74) is 0.371. The lowest BCUT2D eigenvalue weighted by Gasteiger charge is -2.26. The van der Waals surface area contributed by atoms with Crippen molar-refractivity contribution in [2.24, 2.45) is 0 Å².